The van der Waals surface area contributed by atoms with Crippen molar-refractivity contribution >= 4 is 37.5 Å². The van der Waals surface area contributed by atoms with Crippen LogP contribution in [0.5, 0.6) is 0 Å². The summed E-state index contributed by atoms with van der Waals surface area (Å²) in [6, 6.07) is 1.65. The molecule has 1 atom stereocenters. The average Bonchev–Trinajstić information content (AvgIpc) is 2.61. The zero-order valence-electron chi connectivity index (χ0n) is 8.71. The molecule has 1 unspecified atom stereocenters. The van der Waals surface area contributed by atoms with Crippen LogP contribution in [0, 0.1) is 0 Å². The van der Waals surface area contributed by atoms with Crippen molar-refractivity contribution in [3.05, 3.63) is 22.9 Å². The Morgan fingerprint density at radius 1 is 1.53 bits per heavy atom. The number of rotatable bonds is 2. The maximum atomic E-state index is 11.7. The van der Waals surface area contributed by atoms with Crippen molar-refractivity contribution in [1.29, 1.82) is 0 Å². The van der Waals surface area contributed by atoms with Gasteiger partial charge in [0, 0.05) is 25.4 Å². The van der Waals surface area contributed by atoms with Gasteiger partial charge >= 0.3 is 0 Å². The number of carbonyl (C=O) groups excluding carboxylic acids is 1. The molecule has 0 bridgehead atoms. The van der Waals surface area contributed by atoms with E-state index in [1.807, 2.05) is 0 Å². The summed E-state index contributed by atoms with van der Waals surface area (Å²) < 4.78 is 23.1. The third-order valence-corrected chi connectivity index (χ3v) is 4.45. The molecule has 0 spiro atoms. The average molecular weight is 320 g/mol. The van der Waals surface area contributed by atoms with Gasteiger partial charge in [0.1, 0.15) is 5.25 Å². The Kier molecular flexibility index (Phi) is 3.19. The first-order valence-corrected chi connectivity index (χ1v) is 7.21. The second kappa shape index (κ2) is 4.35. The van der Waals surface area contributed by atoms with Crippen LogP contribution in [0.15, 0.2) is 22.9 Å². The van der Waals surface area contributed by atoms with Crippen LogP contribution in [-0.4, -0.2) is 31.1 Å². The van der Waals surface area contributed by atoms with Crippen molar-refractivity contribution in [2.75, 3.05) is 11.4 Å². The SMILES string of the molecule is NS(=O)(=O)C1CC(=O)N(c2ccncc2Br)C1. The van der Waals surface area contributed by atoms with E-state index in [4.69, 9.17) is 5.14 Å². The van der Waals surface area contributed by atoms with Crippen molar-refractivity contribution in [1.82, 2.24) is 4.98 Å². The Balaban J connectivity index is 2.31. The minimum atomic E-state index is -3.68. The highest BCUT2D eigenvalue weighted by Crippen LogP contribution is 2.29. The highest BCUT2D eigenvalue weighted by atomic mass is 79.9. The molecule has 8 heteroatoms. The number of aromatic nitrogens is 1. The molecule has 1 aromatic heterocycles. The van der Waals surface area contributed by atoms with Crippen molar-refractivity contribution < 1.29 is 13.2 Å². The molecular formula is C9H10BrN3O3S. The van der Waals surface area contributed by atoms with Gasteiger partial charge < -0.3 is 4.90 Å². The topological polar surface area (TPSA) is 93.4 Å². The molecule has 6 nitrogen and oxygen atoms in total. The summed E-state index contributed by atoms with van der Waals surface area (Å²) in [6.07, 6.45) is 3.01. The quantitative estimate of drug-likeness (QED) is 0.844. The first-order chi connectivity index (χ1) is 7.89. The van der Waals surface area contributed by atoms with Crippen molar-refractivity contribution in [2.45, 2.75) is 11.7 Å². The van der Waals surface area contributed by atoms with Gasteiger partial charge in [-0.05, 0) is 22.0 Å². The number of halogens is 1. The number of hydrogen-bond donors (Lipinski definition) is 1. The molecule has 0 aromatic carbocycles. The lowest BCUT2D eigenvalue weighted by molar-refractivity contribution is -0.117. The second-order valence-corrected chi connectivity index (χ2v) is 6.45. The lowest BCUT2D eigenvalue weighted by atomic mass is 10.3. The Morgan fingerprint density at radius 2 is 2.24 bits per heavy atom. The van der Waals surface area contributed by atoms with Gasteiger partial charge in [-0.2, -0.15) is 0 Å². The number of nitrogens with two attached hydrogens (primary N) is 1. The lowest BCUT2D eigenvalue weighted by Gasteiger charge is -2.17. The summed E-state index contributed by atoms with van der Waals surface area (Å²) in [4.78, 5) is 17.0. The van der Waals surface area contributed by atoms with Crippen molar-refractivity contribution in [2.24, 2.45) is 5.14 Å². The van der Waals surface area contributed by atoms with E-state index in [9.17, 15) is 13.2 Å². The van der Waals surface area contributed by atoms with E-state index in [1.54, 1.807) is 12.3 Å². The number of hydrogen-bond acceptors (Lipinski definition) is 4. The van der Waals surface area contributed by atoms with E-state index in [2.05, 4.69) is 20.9 Å². The molecule has 0 radical (unpaired) electrons. The molecule has 2 rings (SSSR count). The van der Waals surface area contributed by atoms with Gasteiger partial charge in [-0.3, -0.25) is 9.78 Å². The predicted octanol–water partition coefficient (Wildman–Crippen LogP) is 0.238. The van der Waals surface area contributed by atoms with Gasteiger partial charge in [0.25, 0.3) is 0 Å². The maximum Gasteiger partial charge on any atom is 0.228 e. The first-order valence-electron chi connectivity index (χ1n) is 4.81. The molecule has 2 heterocycles. The third-order valence-electron chi connectivity index (χ3n) is 2.60. The normalized spacial score (nSPS) is 20.9. The summed E-state index contributed by atoms with van der Waals surface area (Å²) >= 11 is 3.27. The molecule has 17 heavy (non-hydrogen) atoms. The molecule has 1 aliphatic rings. The van der Waals surface area contributed by atoms with E-state index in [0.717, 1.165) is 0 Å². The molecule has 0 saturated carbocycles. The van der Waals surface area contributed by atoms with Gasteiger partial charge in [0.15, 0.2) is 0 Å². The monoisotopic (exact) mass is 319 g/mol. The molecule has 92 valence electrons. The Hall–Kier alpha value is -0.990. The van der Waals surface area contributed by atoms with Crippen molar-refractivity contribution in [3.8, 4) is 0 Å². The lowest BCUT2D eigenvalue weighted by Crippen LogP contribution is -2.32. The number of carbonyl (C=O) groups is 1. The fourth-order valence-corrected chi connectivity index (χ4v) is 2.91. The number of anilines is 1. The molecule has 1 aromatic rings. The molecule has 1 aliphatic heterocycles. The first kappa shape index (κ1) is 12.5. The van der Waals surface area contributed by atoms with Crippen molar-refractivity contribution in [3.63, 3.8) is 0 Å². The van der Waals surface area contributed by atoms with E-state index in [1.165, 1.54) is 11.1 Å². The summed E-state index contributed by atoms with van der Waals surface area (Å²) in [6.45, 7) is 0.0836. The van der Waals surface area contributed by atoms with Gasteiger partial charge in [-0.1, -0.05) is 0 Å². The van der Waals surface area contributed by atoms with E-state index in [0.29, 0.717) is 10.2 Å². The summed E-state index contributed by atoms with van der Waals surface area (Å²) in [5.41, 5.74) is 0.608. The minimum Gasteiger partial charge on any atom is -0.310 e. The number of pyridine rings is 1. The van der Waals surface area contributed by atoms with Crippen LogP contribution in [0.1, 0.15) is 6.42 Å². The minimum absolute atomic E-state index is 0.0758. The molecule has 2 N–H and O–H groups in total. The number of nitrogens with zero attached hydrogens (tertiary/aromatic N) is 2. The number of amides is 1. The Bertz CT molecular complexity index is 560. The maximum absolute atomic E-state index is 11.7. The Labute approximate surface area is 107 Å². The van der Waals surface area contributed by atoms with Crippen LogP contribution in [0.4, 0.5) is 5.69 Å². The highest BCUT2D eigenvalue weighted by Gasteiger charge is 2.37. The number of sulfonamides is 1. The van der Waals surface area contributed by atoms with E-state index >= 15 is 0 Å². The van der Waals surface area contributed by atoms with Crippen LogP contribution in [0.2, 0.25) is 0 Å². The number of primary sulfonamides is 1. The van der Waals surface area contributed by atoms with E-state index < -0.39 is 15.3 Å². The van der Waals surface area contributed by atoms with Crippen LogP contribution in [0.3, 0.4) is 0 Å². The van der Waals surface area contributed by atoms with Crippen LogP contribution >= 0.6 is 15.9 Å². The van der Waals surface area contributed by atoms with Crippen LogP contribution in [-0.2, 0) is 14.8 Å². The summed E-state index contributed by atoms with van der Waals surface area (Å²) in [7, 11) is -3.68. The highest BCUT2D eigenvalue weighted by molar-refractivity contribution is 9.10. The largest absolute Gasteiger partial charge is 0.310 e. The zero-order chi connectivity index (χ0) is 12.6. The van der Waals surface area contributed by atoms with Gasteiger partial charge in [0.05, 0.1) is 10.2 Å². The zero-order valence-corrected chi connectivity index (χ0v) is 11.1. The summed E-state index contributed by atoms with van der Waals surface area (Å²) in [5.74, 6) is -0.254. The molecule has 1 fully saturated rings. The standard InChI is InChI=1S/C9H10BrN3O3S/c10-7-4-12-2-1-8(7)13-5-6(3-9(13)14)17(11,15)16/h1-2,4,6H,3,5H2,(H2,11,15,16). The van der Waals surface area contributed by atoms with Gasteiger partial charge in [-0.15, -0.1) is 0 Å². The fraction of sp³-hybridized carbons (Fsp3) is 0.333. The molecule has 1 amide bonds. The fourth-order valence-electron chi connectivity index (χ4n) is 1.71. The molecule has 1 saturated heterocycles. The third kappa shape index (κ3) is 2.48. The smallest absolute Gasteiger partial charge is 0.228 e. The molecular weight excluding hydrogens is 310 g/mol. The van der Waals surface area contributed by atoms with Crippen LogP contribution < -0.4 is 10.0 Å². The van der Waals surface area contributed by atoms with E-state index in [-0.39, 0.29) is 18.9 Å². The molecule has 0 aliphatic carbocycles. The predicted molar refractivity (Wildman–Crippen MR) is 65.8 cm³/mol. The second-order valence-electron chi connectivity index (χ2n) is 3.75. The summed E-state index contributed by atoms with van der Waals surface area (Å²) in [5, 5.41) is 4.21. The van der Waals surface area contributed by atoms with Crippen LogP contribution in [0.25, 0.3) is 0 Å². The van der Waals surface area contributed by atoms with Gasteiger partial charge in [0.2, 0.25) is 15.9 Å². The Morgan fingerprint density at radius 3 is 2.76 bits per heavy atom. The van der Waals surface area contributed by atoms with Gasteiger partial charge in [-0.25, -0.2) is 13.6 Å².